The van der Waals surface area contributed by atoms with E-state index in [-0.39, 0.29) is 0 Å². The first kappa shape index (κ1) is 17.4. The lowest BCUT2D eigenvalue weighted by Gasteiger charge is -2.02. The highest BCUT2D eigenvalue weighted by atomic mass is 35.5. The Balaban J connectivity index is 1.73. The zero-order valence-corrected chi connectivity index (χ0v) is 15.8. The van der Waals surface area contributed by atoms with E-state index in [1.165, 1.54) is 0 Å². The molecule has 2 aromatic carbocycles. The van der Waals surface area contributed by atoms with Crippen LogP contribution in [0.5, 0.6) is 0 Å². The number of aromatic nitrogens is 2. The van der Waals surface area contributed by atoms with Gasteiger partial charge in [-0.25, -0.2) is 4.98 Å². The standard InChI is InChI=1S/C21H13Cl2N3O/c1-12-5-7-17-18(9-12)26-21(25-17)13(11-24)10-14-6-8-19(27-14)20-15(22)3-2-4-16(20)23/h2-10H,1H3,(H,25,26)/b13-10+. The topological polar surface area (TPSA) is 65.6 Å². The van der Waals surface area contributed by atoms with E-state index in [2.05, 4.69) is 16.0 Å². The summed E-state index contributed by atoms with van der Waals surface area (Å²) in [5, 5.41) is 10.6. The third-order valence-electron chi connectivity index (χ3n) is 4.14. The van der Waals surface area contributed by atoms with Gasteiger partial charge >= 0.3 is 0 Å². The number of aryl methyl sites for hydroxylation is 1. The summed E-state index contributed by atoms with van der Waals surface area (Å²) in [5.41, 5.74) is 3.80. The van der Waals surface area contributed by atoms with Gasteiger partial charge in [-0.1, -0.05) is 35.3 Å². The van der Waals surface area contributed by atoms with E-state index < -0.39 is 0 Å². The average molecular weight is 394 g/mol. The summed E-state index contributed by atoms with van der Waals surface area (Å²) in [6.07, 6.45) is 1.64. The first-order valence-electron chi connectivity index (χ1n) is 8.18. The minimum absolute atomic E-state index is 0.370. The number of allylic oxidation sites excluding steroid dienone is 1. The second kappa shape index (κ2) is 6.96. The van der Waals surface area contributed by atoms with Gasteiger partial charge in [0, 0.05) is 6.08 Å². The molecule has 0 aliphatic rings. The molecule has 0 unspecified atom stereocenters. The highest BCUT2D eigenvalue weighted by molar-refractivity contribution is 6.39. The van der Waals surface area contributed by atoms with Gasteiger partial charge in [-0.2, -0.15) is 5.26 Å². The van der Waals surface area contributed by atoms with E-state index in [4.69, 9.17) is 27.6 Å². The number of halogens is 2. The maximum atomic E-state index is 9.57. The van der Waals surface area contributed by atoms with Crippen molar-refractivity contribution in [2.24, 2.45) is 0 Å². The summed E-state index contributed by atoms with van der Waals surface area (Å²) in [6.45, 7) is 2.01. The van der Waals surface area contributed by atoms with Crippen LogP contribution >= 0.6 is 23.2 Å². The van der Waals surface area contributed by atoms with Crippen LogP contribution < -0.4 is 0 Å². The number of fused-ring (bicyclic) bond motifs is 1. The molecule has 0 spiro atoms. The van der Waals surface area contributed by atoms with Crippen LogP contribution in [-0.4, -0.2) is 9.97 Å². The molecule has 0 aliphatic carbocycles. The zero-order valence-electron chi connectivity index (χ0n) is 14.3. The number of rotatable bonds is 3. The van der Waals surface area contributed by atoms with Crippen molar-refractivity contribution < 1.29 is 4.42 Å². The Labute approximate surface area is 165 Å². The molecule has 4 rings (SSSR count). The number of nitriles is 1. The molecule has 6 heteroatoms. The molecule has 2 aromatic heterocycles. The van der Waals surface area contributed by atoms with Gasteiger partial charge in [0.05, 0.1) is 32.2 Å². The monoisotopic (exact) mass is 393 g/mol. The number of nitrogens with one attached hydrogen (secondary N) is 1. The fraction of sp³-hybridized carbons (Fsp3) is 0.0476. The molecule has 27 heavy (non-hydrogen) atoms. The zero-order chi connectivity index (χ0) is 19.0. The van der Waals surface area contributed by atoms with Crippen molar-refractivity contribution in [1.29, 1.82) is 5.26 Å². The van der Waals surface area contributed by atoms with E-state index in [9.17, 15) is 5.26 Å². The lowest BCUT2D eigenvalue weighted by molar-refractivity contribution is 0.572. The summed E-state index contributed by atoms with van der Waals surface area (Å²) in [4.78, 5) is 7.66. The molecule has 0 bridgehead atoms. The lowest BCUT2D eigenvalue weighted by atomic mass is 10.2. The highest BCUT2D eigenvalue weighted by Crippen LogP contribution is 2.36. The minimum atomic E-state index is 0.370. The summed E-state index contributed by atoms with van der Waals surface area (Å²) in [6, 6.07) is 16.9. The number of nitrogens with zero attached hydrogens (tertiary/aromatic N) is 2. The molecular weight excluding hydrogens is 381 g/mol. The van der Waals surface area contributed by atoms with E-state index >= 15 is 0 Å². The SMILES string of the molecule is Cc1ccc2nc(/C(C#N)=C/c3ccc(-c4c(Cl)cccc4Cl)o3)[nH]c2c1. The van der Waals surface area contributed by atoms with Crippen molar-refractivity contribution in [2.75, 3.05) is 0 Å². The van der Waals surface area contributed by atoms with Gasteiger partial charge < -0.3 is 9.40 Å². The number of imidazole rings is 1. The van der Waals surface area contributed by atoms with Crippen molar-refractivity contribution in [3.63, 3.8) is 0 Å². The Bertz CT molecular complexity index is 1210. The Morgan fingerprint density at radius 1 is 1.15 bits per heavy atom. The molecular formula is C21H13Cl2N3O. The summed E-state index contributed by atoms with van der Waals surface area (Å²) in [7, 11) is 0. The third kappa shape index (κ3) is 3.35. The van der Waals surface area contributed by atoms with Gasteiger partial charge in [0.1, 0.15) is 23.4 Å². The van der Waals surface area contributed by atoms with Crippen LogP contribution in [-0.2, 0) is 0 Å². The summed E-state index contributed by atoms with van der Waals surface area (Å²) < 4.78 is 5.84. The molecule has 1 N–H and O–H groups in total. The highest BCUT2D eigenvalue weighted by Gasteiger charge is 2.13. The van der Waals surface area contributed by atoms with Crippen molar-refractivity contribution >= 4 is 45.9 Å². The molecule has 4 aromatic rings. The molecule has 0 saturated heterocycles. The van der Waals surface area contributed by atoms with Gasteiger partial charge in [-0.3, -0.25) is 0 Å². The number of aromatic amines is 1. The van der Waals surface area contributed by atoms with Gasteiger partial charge in [0.15, 0.2) is 0 Å². The quantitative estimate of drug-likeness (QED) is 0.403. The molecule has 0 atom stereocenters. The Hall–Kier alpha value is -3.00. The van der Waals surface area contributed by atoms with Crippen molar-refractivity contribution in [2.45, 2.75) is 6.92 Å². The fourth-order valence-corrected chi connectivity index (χ4v) is 3.43. The number of hydrogen-bond acceptors (Lipinski definition) is 3. The van der Waals surface area contributed by atoms with Gasteiger partial charge in [-0.05, 0) is 48.9 Å². The molecule has 0 radical (unpaired) electrons. The van der Waals surface area contributed by atoms with Crippen molar-refractivity contribution in [1.82, 2.24) is 9.97 Å². The number of H-pyrrole nitrogens is 1. The fourth-order valence-electron chi connectivity index (χ4n) is 2.84. The Kier molecular flexibility index (Phi) is 4.49. The van der Waals surface area contributed by atoms with E-state index in [1.807, 2.05) is 25.1 Å². The molecule has 0 amide bonds. The van der Waals surface area contributed by atoms with Crippen LogP contribution in [0.25, 0.3) is 34.0 Å². The molecule has 4 nitrogen and oxygen atoms in total. The normalized spacial score (nSPS) is 11.7. The van der Waals surface area contributed by atoms with E-state index in [1.54, 1.807) is 36.4 Å². The molecule has 2 heterocycles. The van der Waals surface area contributed by atoms with Crippen LogP contribution in [0.3, 0.4) is 0 Å². The second-order valence-electron chi connectivity index (χ2n) is 6.07. The molecule has 132 valence electrons. The third-order valence-corrected chi connectivity index (χ3v) is 4.77. The maximum absolute atomic E-state index is 9.57. The van der Waals surface area contributed by atoms with Crippen LogP contribution in [0.15, 0.2) is 52.9 Å². The lowest BCUT2D eigenvalue weighted by Crippen LogP contribution is -1.84. The first-order chi connectivity index (χ1) is 13.0. The average Bonchev–Trinajstić information content (AvgIpc) is 3.26. The van der Waals surface area contributed by atoms with Crippen LogP contribution in [0, 0.1) is 18.3 Å². The predicted octanol–water partition coefficient (Wildman–Crippen LogP) is 6.50. The molecule has 0 fully saturated rings. The van der Waals surface area contributed by atoms with Crippen LogP contribution in [0.2, 0.25) is 10.0 Å². The Morgan fingerprint density at radius 3 is 2.67 bits per heavy atom. The van der Waals surface area contributed by atoms with E-state index in [0.29, 0.717) is 38.5 Å². The largest absolute Gasteiger partial charge is 0.457 e. The molecule has 0 saturated carbocycles. The first-order valence-corrected chi connectivity index (χ1v) is 8.93. The van der Waals surface area contributed by atoms with Crippen molar-refractivity contribution in [3.05, 3.63) is 75.7 Å². The molecule has 0 aliphatic heterocycles. The van der Waals surface area contributed by atoms with Gasteiger partial charge in [0.25, 0.3) is 0 Å². The number of hydrogen-bond donors (Lipinski definition) is 1. The van der Waals surface area contributed by atoms with Gasteiger partial charge in [0.2, 0.25) is 0 Å². The number of furan rings is 1. The summed E-state index contributed by atoms with van der Waals surface area (Å²) >= 11 is 12.5. The van der Waals surface area contributed by atoms with Crippen LogP contribution in [0.1, 0.15) is 17.1 Å². The summed E-state index contributed by atoms with van der Waals surface area (Å²) in [5.74, 6) is 1.54. The van der Waals surface area contributed by atoms with Gasteiger partial charge in [-0.15, -0.1) is 0 Å². The Morgan fingerprint density at radius 2 is 1.93 bits per heavy atom. The van der Waals surface area contributed by atoms with Crippen molar-refractivity contribution in [3.8, 4) is 17.4 Å². The maximum Gasteiger partial charge on any atom is 0.149 e. The predicted molar refractivity (Wildman–Crippen MR) is 108 cm³/mol. The van der Waals surface area contributed by atoms with Crippen LogP contribution in [0.4, 0.5) is 0 Å². The smallest absolute Gasteiger partial charge is 0.149 e. The minimum Gasteiger partial charge on any atom is -0.457 e. The second-order valence-corrected chi connectivity index (χ2v) is 6.89. The van der Waals surface area contributed by atoms with E-state index in [0.717, 1.165) is 16.6 Å². The number of benzene rings is 2.